The first-order valence-electron chi connectivity index (χ1n) is 23.1. The average Bonchev–Trinajstić information content (AvgIpc) is 4.24. The summed E-state index contributed by atoms with van der Waals surface area (Å²) in [7, 11) is 0. The normalized spacial score (nSPS) is 12.0. The number of hydrogen-bond acceptors (Lipinski definition) is 3. The second-order valence-corrected chi connectivity index (χ2v) is 17.0. The van der Waals surface area contributed by atoms with Crippen LogP contribution in [0.3, 0.4) is 0 Å². The van der Waals surface area contributed by atoms with Crippen LogP contribution in [0.2, 0.25) is 0 Å². The number of imidazole rings is 4. The first kappa shape index (κ1) is 37.9. The molecule has 0 aliphatic heterocycles. The molecule has 68 heavy (non-hydrogen) atoms. The van der Waals surface area contributed by atoms with Gasteiger partial charge < -0.3 is 9.13 Å². The molecular formula is C59H39N9. The third-order valence-electron chi connectivity index (χ3n) is 13.7. The van der Waals surface area contributed by atoms with Crippen molar-refractivity contribution in [3.63, 3.8) is 0 Å². The number of aromatic nitrogens is 8. The zero-order chi connectivity index (χ0) is 45.2. The van der Waals surface area contributed by atoms with E-state index in [1.165, 1.54) is 0 Å². The van der Waals surface area contributed by atoms with E-state index in [0.29, 0.717) is 5.56 Å². The molecule has 15 rings (SSSR count). The van der Waals surface area contributed by atoms with Crippen molar-refractivity contribution in [3.8, 4) is 28.8 Å². The van der Waals surface area contributed by atoms with Crippen molar-refractivity contribution in [2.24, 2.45) is 0 Å². The van der Waals surface area contributed by atoms with Crippen LogP contribution in [0.1, 0.15) is 19.4 Å². The van der Waals surface area contributed by atoms with E-state index in [0.717, 1.165) is 122 Å². The molecule has 9 nitrogen and oxygen atoms in total. The molecular weight excluding hydrogens is 835 g/mol. The van der Waals surface area contributed by atoms with E-state index < -0.39 is 0 Å². The predicted molar refractivity (Wildman–Crippen MR) is 277 cm³/mol. The fourth-order valence-electron chi connectivity index (χ4n) is 10.9. The number of hydrogen-bond donors (Lipinski definition) is 0. The van der Waals surface area contributed by atoms with Crippen LogP contribution < -0.4 is 0 Å². The number of fused-ring (bicyclic) bond motifs is 16. The summed E-state index contributed by atoms with van der Waals surface area (Å²) in [4.78, 5) is 10.3. The van der Waals surface area contributed by atoms with Gasteiger partial charge in [-0.3, -0.25) is 17.9 Å². The molecule has 6 heterocycles. The molecule has 320 valence electrons. The minimum absolute atomic E-state index is 0.584. The van der Waals surface area contributed by atoms with Gasteiger partial charge in [-0.2, -0.15) is 5.26 Å². The highest BCUT2D eigenvalue weighted by Gasteiger charge is 2.24. The van der Waals surface area contributed by atoms with Crippen LogP contribution in [-0.2, 0) is 0 Å². The highest BCUT2D eigenvalue weighted by Crippen LogP contribution is 2.40. The van der Waals surface area contributed by atoms with E-state index in [1.54, 1.807) is 0 Å². The first-order valence-corrected chi connectivity index (χ1v) is 23.1. The number of para-hydroxylation sites is 10. The quantitative estimate of drug-likeness (QED) is 0.177. The van der Waals surface area contributed by atoms with Gasteiger partial charge >= 0.3 is 0 Å². The molecule has 0 amide bonds. The molecule has 0 bridgehead atoms. The SMILES string of the molecule is CC.N#Cc1c(-n2c3ccccc3c3cc(-n4c5ccccc5n5c6ccccc6nc45)ccc32)cccc1-n1c2ccccc2c2cc(-n3c4ccccc4n4c5ccccc5nc34)ccc21. The van der Waals surface area contributed by atoms with Crippen LogP contribution in [-0.4, -0.2) is 37.0 Å². The molecule has 15 aromatic rings. The molecule has 0 fully saturated rings. The molecule has 9 aromatic carbocycles. The monoisotopic (exact) mass is 873 g/mol. The molecule has 9 heteroatoms. The van der Waals surface area contributed by atoms with Gasteiger partial charge in [0.2, 0.25) is 11.6 Å². The topological polar surface area (TPSA) is 78.1 Å². The van der Waals surface area contributed by atoms with Gasteiger partial charge in [0.15, 0.2) is 0 Å². The van der Waals surface area contributed by atoms with Crippen LogP contribution >= 0.6 is 0 Å². The summed E-state index contributed by atoms with van der Waals surface area (Å²) in [5, 5.41) is 15.7. The van der Waals surface area contributed by atoms with E-state index in [4.69, 9.17) is 9.97 Å². The summed E-state index contributed by atoms with van der Waals surface area (Å²) >= 11 is 0. The van der Waals surface area contributed by atoms with Gasteiger partial charge in [-0.05, 0) is 109 Å². The van der Waals surface area contributed by atoms with Gasteiger partial charge in [-0.25, -0.2) is 9.97 Å². The lowest BCUT2D eigenvalue weighted by Crippen LogP contribution is -2.04. The van der Waals surface area contributed by atoms with E-state index in [2.05, 4.69) is 221 Å². The van der Waals surface area contributed by atoms with Crippen molar-refractivity contribution < 1.29 is 0 Å². The second kappa shape index (κ2) is 14.3. The van der Waals surface area contributed by atoms with Crippen LogP contribution in [0.15, 0.2) is 200 Å². The van der Waals surface area contributed by atoms with Crippen molar-refractivity contribution in [2.45, 2.75) is 13.8 Å². The highest BCUT2D eigenvalue weighted by atomic mass is 15.2. The summed E-state index contributed by atoms with van der Waals surface area (Å²) < 4.78 is 13.5. The van der Waals surface area contributed by atoms with E-state index in [1.807, 2.05) is 26.0 Å². The maximum absolute atomic E-state index is 11.3. The third kappa shape index (κ3) is 5.03. The zero-order valence-corrected chi connectivity index (χ0v) is 37.1. The van der Waals surface area contributed by atoms with Crippen LogP contribution in [0.5, 0.6) is 0 Å². The Morgan fingerprint density at radius 1 is 0.338 bits per heavy atom. The number of rotatable bonds is 4. The van der Waals surface area contributed by atoms with Crippen LogP contribution in [0.4, 0.5) is 0 Å². The molecule has 0 spiro atoms. The van der Waals surface area contributed by atoms with Crippen LogP contribution in [0.25, 0.3) is 122 Å². The molecule has 0 aliphatic rings. The maximum atomic E-state index is 11.3. The fourth-order valence-corrected chi connectivity index (χ4v) is 10.9. The third-order valence-corrected chi connectivity index (χ3v) is 13.7. The van der Waals surface area contributed by atoms with Gasteiger partial charge in [-0.15, -0.1) is 0 Å². The minimum atomic E-state index is 0.584. The Kier molecular flexibility index (Phi) is 7.98. The molecule has 0 aliphatic carbocycles. The predicted octanol–water partition coefficient (Wildman–Crippen LogP) is 14.3. The lowest BCUT2D eigenvalue weighted by Gasteiger charge is -2.16. The summed E-state index contributed by atoms with van der Waals surface area (Å²) in [5.74, 6) is 1.73. The van der Waals surface area contributed by atoms with Gasteiger partial charge in [0.1, 0.15) is 11.6 Å². The second-order valence-electron chi connectivity index (χ2n) is 17.0. The molecule has 0 unspecified atom stereocenters. The lowest BCUT2D eigenvalue weighted by molar-refractivity contribution is 1.10. The van der Waals surface area contributed by atoms with Gasteiger partial charge in [0, 0.05) is 32.9 Å². The summed E-state index contributed by atoms with van der Waals surface area (Å²) in [6, 6.07) is 72.8. The van der Waals surface area contributed by atoms with E-state index in [9.17, 15) is 5.26 Å². The van der Waals surface area contributed by atoms with Crippen molar-refractivity contribution in [1.82, 2.24) is 37.0 Å². The maximum Gasteiger partial charge on any atom is 0.220 e. The van der Waals surface area contributed by atoms with Crippen LogP contribution in [0, 0.1) is 11.3 Å². The largest absolute Gasteiger partial charge is 0.308 e. The standard InChI is InChI=1S/C57H33N9.C2H6/c58-34-41-46(63-44-18-5-1-14-37(44)39-32-35(28-30-48(39)63)61-52-22-9-11-24-54(52)65-50-20-7-3-16-42(50)59-56(61)65)26-13-27-47(41)64-45-19-6-2-15-38(45)40-33-36(29-31-49(40)64)62-53-23-10-12-25-55(53)66-51-21-8-4-17-43(51)60-57(62)66;1-2/h1-33H;1-2H3. The number of nitriles is 1. The van der Waals surface area contributed by atoms with Gasteiger partial charge in [0.05, 0.1) is 77.6 Å². The molecule has 0 atom stereocenters. The average molecular weight is 874 g/mol. The van der Waals surface area contributed by atoms with Crippen molar-refractivity contribution in [3.05, 3.63) is 206 Å². The lowest BCUT2D eigenvalue weighted by atomic mass is 10.1. The van der Waals surface area contributed by atoms with Crippen molar-refractivity contribution in [1.29, 1.82) is 5.26 Å². The Morgan fingerprint density at radius 3 is 1.15 bits per heavy atom. The molecule has 0 N–H and O–H groups in total. The number of nitrogens with zero attached hydrogens (tertiary/aromatic N) is 9. The van der Waals surface area contributed by atoms with Crippen molar-refractivity contribution >= 4 is 99.3 Å². The Morgan fingerprint density at radius 2 is 0.706 bits per heavy atom. The Bertz CT molecular complexity index is 4330. The Balaban J connectivity index is 0.00000216. The molecule has 0 saturated heterocycles. The molecule has 6 aromatic heterocycles. The minimum Gasteiger partial charge on any atom is -0.308 e. The van der Waals surface area contributed by atoms with E-state index in [-0.39, 0.29) is 0 Å². The summed E-state index contributed by atoms with van der Waals surface area (Å²) in [6.45, 7) is 4.00. The van der Waals surface area contributed by atoms with Gasteiger partial charge in [-0.1, -0.05) is 105 Å². The Hall–Kier alpha value is -9.39. The molecule has 0 radical (unpaired) electrons. The summed E-state index contributed by atoms with van der Waals surface area (Å²) in [5.41, 5.74) is 16.7. The zero-order valence-electron chi connectivity index (χ0n) is 37.1. The van der Waals surface area contributed by atoms with Crippen molar-refractivity contribution in [2.75, 3.05) is 0 Å². The first-order chi connectivity index (χ1) is 33.7. The highest BCUT2D eigenvalue weighted by molar-refractivity contribution is 6.12. The summed E-state index contributed by atoms with van der Waals surface area (Å²) in [6.07, 6.45) is 0. The van der Waals surface area contributed by atoms with E-state index >= 15 is 0 Å². The smallest absolute Gasteiger partial charge is 0.220 e. The number of benzene rings is 9. The molecule has 0 saturated carbocycles. The van der Waals surface area contributed by atoms with Gasteiger partial charge in [0.25, 0.3) is 0 Å². The Labute approximate surface area is 388 Å². The fraction of sp³-hybridized carbons (Fsp3) is 0.0339.